The van der Waals surface area contributed by atoms with Crippen molar-refractivity contribution in [2.45, 2.75) is 166 Å². The molecule has 0 radical (unpaired) electrons. The van der Waals surface area contributed by atoms with E-state index in [1.807, 2.05) is 0 Å². The summed E-state index contributed by atoms with van der Waals surface area (Å²) in [4.78, 5) is 199. The van der Waals surface area contributed by atoms with Gasteiger partial charge >= 0.3 is 29.9 Å². The van der Waals surface area contributed by atoms with Crippen molar-refractivity contribution < 1.29 is 112 Å². The average Bonchev–Trinajstić information content (AvgIpc) is 1.86. The van der Waals surface area contributed by atoms with Crippen molar-refractivity contribution in [2.24, 2.45) is 11.7 Å². The fourth-order valence-electron chi connectivity index (χ4n) is 9.81. The smallest absolute Gasteiger partial charge is 0.326 e. The number of ether oxygens (including phenoxy) is 2. The number of hydrogen-bond donors (Lipinski definition) is 17. The molecule has 2 aromatic rings. The van der Waals surface area contributed by atoms with Gasteiger partial charge in [-0.05, 0) is 132 Å². The van der Waals surface area contributed by atoms with Gasteiger partial charge < -0.3 is 99.2 Å². The minimum absolute atomic E-state index is 0.0117. The second-order valence-electron chi connectivity index (χ2n) is 24.4. The SMILES string of the molecule is CC(C)[C@H](NC(=O)[C@H](CCCCNC(=O)CCOCCOCCNC(=O)c1ccc(C(=O)NCCCCC(=O)NCCCC[C@H](NC(=O)N[C@@H](CCC(=O)O)C(=O)O)C(=O)O)cc1)NC(=O)CCCN1C(=O)C=CC1=O)C(=O)N[C@@H](C)C(=O)NCC(=O)Nc1cc(C[C@H](N)CCC(=O)O)ccc1O. The molecule has 568 valence electrons. The number of carboxylic acids is 4. The molecule has 18 N–H and O–H groups in total. The zero-order valence-corrected chi connectivity index (χ0v) is 57.9. The molecule has 0 fully saturated rings. The van der Waals surface area contributed by atoms with E-state index in [1.54, 1.807) is 19.9 Å². The van der Waals surface area contributed by atoms with E-state index in [4.69, 9.17) is 25.4 Å². The Hall–Kier alpha value is -10.6. The van der Waals surface area contributed by atoms with Crippen LogP contribution in [0.4, 0.5) is 10.5 Å². The molecule has 0 aliphatic carbocycles. The molecule has 6 atom stereocenters. The van der Waals surface area contributed by atoms with Crippen LogP contribution in [0.5, 0.6) is 5.75 Å². The maximum atomic E-state index is 13.9. The molecule has 0 bridgehead atoms. The first-order chi connectivity index (χ1) is 48.9. The van der Waals surface area contributed by atoms with Crippen LogP contribution in [0.25, 0.3) is 0 Å². The zero-order valence-electron chi connectivity index (χ0n) is 57.9. The fourth-order valence-corrected chi connectivity index (χ4v) is 9.81. The fraction of sp³-hybridized carbons (Fsp3) is 0.552. The molecule has 1 aliphatic rings. The normalized spacial score (nSPS) is 13.4. The second kappa shape index (κ2) is 47.5. The highest BCUT2D eigenvalue weighted by molar-refractivity contribution is 6.13. The third-order valence-electron chi connectivity index (χ3n) is 15.6. The third kappa shape index (κ3) is 36.0. The quantitative estimate of drug-likeness (QED) is 0.0224. The lowest BCUT2D eigenvalue weighted by atomic mass is 10.0. The number of nitrogens with two attached hydrogens (primary N) is 1. The van der Waals surface area contributed by atoms with E-state index < -0.39 is 139 Å². The number of carboxylic acid groups (broad SMARTS) is 4. The Morgan fingerprint density at radius 3 is 1.59 bits per heavy atom. The highest BCUT2D eigenvalue weighted by Gasteiger charge is 2.32. The number of imide groups is 1. The molecule has 0 saturated heterocycles. The van der Waals surface area contributed by atoms with Crippen molar-refractivity contribution in [3.05, 3.63) is 71.3 Å². The topological polar surface area (TPSA) is 554 Å². The Morgan fingerprint density at radius 1 is 0.485 bits per heavy atom. The number of benzene rings is 2. The van der Waals surface area contributed by atoms with E-state index in [1.165, 1.54) is 43.3 Å². The van der Waals surface area contributed by atoms with E-state index in [-0.39, 0.29) is 153 Å². The highest BCUT2D eigenvalue weighted by atomic mass is 16.5. The lowest BCUT2D eigenvalue weighted by Gasteiger charge is -2.26. The number of rotatable bonds is 52. The minimum Gasteiger partial charge on any atom is -0.506 e. The molecular weight excluding hydrogens is 1350 g/mol. The van der Waals surface area contributed by atoms with Crippen molar-refractivity contribution in [3.63, 3.8) is 0 Å². The van der Waals surface area contributed by atoms with Gasteiger partial charge in [-0.2, -0.15) is 0 Å². The molecule has 13 amide bonds. The number of anilines is 1. The highest BCUT2D eigenvalue weighted by Crippen LogP contribution is 2.25. The number of urea groups is 1. The van der Waals surface area contributed by atoms with Crippen molar-refractivity contribution in [1.82, 2.24) is 58.1 Å². The number of unbranched alkanes of at least 4 members (excludes halogenated alkanes) is 3. The molecule has 0 saturated carbocycles. The summed E-state index contributed by atoms with van der Waals surface area (Å²) in [7, 11) is 0. The number of carbonyl (C=O) groups is 16. The second-order valence-corrected chi connectivity index (χ2v) is 24.4. The van der Waals surface area contributed by atoms with Crippen LogP contribution in [0.1, 0.15) is 150 Å². The van der Waals surface area contributed by atoms with Gasteiger partial charge in [-0.15, -0.1) is 0 Å². The molecule has 3 rings (SSSR count). The van der Waals surface area contributed by atoms with E-state index in [9.17, 15) is 92.0 Å². The van der Waals surface area contributed by atoms with Crippen LogP contribution in [0.2, 0.25) is 0 Å². The summed E-state index contributed by atoms with van der Waals surface area (Å²) in [5, 5.41) is 74.6. The zero-order chi connectivity index (χ0) is 76.4. The molecule has 0 spiro atoms. The number of phenolic OH excluding ortho intramolecular Hbond substituents is 1. The Morgan fingerprint density at radius 2 is 1.01 bits per heavy atom. The molecule has 2 aromatic carbocycles. The van der Waals surface area contributed by atoms with E-state index in [0.29, 0.717) is 48.8 Å². The van der Waals surface area contributed by atoms with Crippen molar-refractivity contribution in [3.8, 4) is 5.75 Å². The molecule has 36 nitrogen and oxygen atoms in total. The number of nitrogens with one attached hydrogen (secondary N) is 11. The minimum atomic E-state index is -1.53. The maximum absolute atomic E-state index is 13.9. The van der Waals surface area contributed by atoms with Crippen LogP contribution < -0.4 is 64.2 Å². The van der Waals surface area contributed by atoms with Crippen LogP contribution in [0, 0.1) is 5.92 Å². The number of hydrogen-bond acceptors (Lipinski definition) is 20. The van der Waals surface area contributed by atoms with Crippen LogP contribution in [0.15, 0.2) is 54.6 Å². The van der Waals surface area contributed by atoms with E-state index >= 15 is 0 Å². The Labute approximate surface area is 594 Å². The number of phenols is 1. The molecule has 103 heavy (non-hydrogen) atoms. The summed E-state index contributed by atoms with van der Waals surface area (Å²) in [5.74, 6) is -11.9. The van der Waals surface area contributed by atoms with Gasteiger partial charge in [-0.1, -0.05) is 19.9 Å². The van der Waals surface area contributed by atoms with Gasteiger partial charge in [0.2, 0.25) is 41.4 Å². The maximum Gasteiger partial charge on any atom is 0.326 e. The van der Waals surface area contributed by atoms with Crippen LogP contribution in [-0.4, -0.2) is 227 Å². The predicted molar refractivity (Wildman–Crippen MR) is 366 cm³/mol. The summed E-state index contributed by atoms with van der Waals surface area (Å²) in [6.07, 6.45) is 4.02. The van der Waals surface area contributed by atoms with Crippen LogP contribution in [0.3, 0.4) is 0 Å². The predicted octanol–water partition coefficient (Wildman–Crippen LogP) is -0.586. The summed E-state index contributed by atoms with van der Waals surface area (Å²) in [6, 6.07) is 2.22. The molecule has 1 aliphatic heterocycles. The standard InChI is InChI=1S/C67H97N13O23/c1-40(2)59(64(96)74-41(3)60(92)73-39-54(85)76-49-38-42(15-22-50(49)81)37-45(68)20-25-57(88)89)79-63(95)46(75-53(84)14-10-32-80-55(86)23-24-56(80)87)11-4-7-29-70-52(83)27-33-102-35-36-103-34-31-72-62(94)44-18-16-43(17-19-44)61(93)71-30-9-6-13-51(82)69-28-8-5-12-47(65(97)98)77-67(101)78-48(66(99)100)21-26-58(90)91/h15-19,22-24,38,40-41,45-48,59,81H,4-14,20-21,25-37,39,68H2,1-3H3,(H,69,82)(H,70,83)(H,71,93)(H,72,94)(H,73,92)(H,74,96)(H,75,84)(H,76,85)(H,79,95)(H,88,89)(H,90,91)(H,97,98)(H,99,100)(H2,77,78,101)/t41-,45+,46-,47-,48-,59-/m0/s1. The Balaban J connectivity index is 1.32. The van der Waals surface area contributed by atoms with Gasteiger partial charge in [0.15, 0.2) is 0 Å². The number of amides is 13. The summed E-state index contributed by atoms with van der Waals surface area (Å²) in [5.41, 5.74) is 7.27. The molecular formula is C67H97N13O23. The molecule has 36 heteroatoms. The van der Waals surface area contributed by atoms with Gasteiger partial charge in [0.05, 0.1) is 38.7 Å². The monoisotopic (exact) mass is 1450 g/mol. The molecule has 0 unspecified atom stereocenters. The lowest BCUT2D eigenvalue weighted by Crippen LogP contribution is -2.58. The summed E-state index contributed by atoms with van der Waals surface area (Å²) >= 11 is 0. The van der Waals surface area contributed by atoms with Crippen molar-refractivity contribution in [2.75, 3.05) is 71.0 Å². The van der Waals surface area contributed by atoms with E-state index in [0.717, 1.165) is 17.1 Å². The number of nitrogens with zero attached hydrogens (tertiary/aromatic N) is 1. The van der Waals surface area contributed by atoms with Gasteiger partial charge in [0.25, 0.3) is 23.6 Å². The Bertz CT molecular complexity index is 3260. The number of carbonyl (C=O) groups excluding carboxylic acids is 12. The van der Waals surface area contributed by atoms with Gasteiger partial charge in [0, 0.05) is 94.1 Å². The lowest BCUT2D eigenvalue weighted by molar-refractivity contribution is -0.141. The first-order valence-corrected chi connectivity index (χ1v) is 33.8. The summed E-state index contributed by atoms with van der Waals surface area (Å²) in [6.45, 7) is 5.38. The third-order valence-corrected chi connectivity index (χ3v) is 15.6. The average molecular weight is 1450 g/mol. The molecule has 0 aromatic heterocycles. The largest absolute Gasteiger partial charge is 0.506 e. The van der Waals surface area contributed by atoms with Crippen molar-refractivity contribution in [1.29, 1.82) is 0 Å². The van der Waals surface area contributed by atoms with Gasteiger partial charge in [0.1, 0.15) is 36.0 Å². The van der Waals surface area contributed by atoms with Crippen LogP contribution in [-0.2, 0) is 78.2 Å². The first-order valence-electron chi connectivity index (χ1n) is 33.8. The Kier molecular flexibility index (Phi) is 39.9. The van der Waals surface area contributed by atoms with Gasteiger partial charge in [-0.25, -0.2) is 14.4 Å². The number of aliphatic carboxylic acids is 4. The molecule has 1 heterocycles. The van der Waals surface area contributed by atoms with E-state index in [2.05, 4.69) is 58.5 Å². The van der Waals surface area contributed by atoms with Crippen molar-refractivity contribution >= 4 is 101 Å². The van der Waals surface area contributed by atoms with Gasteiger partial charge in [-0.3, -0.25) is 67.2 Å². The number of aromatic hydroxyl groups is 1. The van der Waals surface area contributed by atoms with Crippen LogP contribution >= 0.6 is 0 Å². The first kappa shape index (κ1) is 86.6. The summed E-state index contributed by atoms with van der Waals surface area (Å²) < 4.78 is 11.0.